The second kappa shape index (κ2) is 5.50. The topological polar surface area (TPSA) is 52.6 Å². The van der Waals surface area contributed by atoms with Gasteiger partial charge in [-0.2, -0.15) is 0 Å². The molecule has 4 nitrogen and oxygen atoms in total. The van der Waals surface area contributed by atoms with Crippen LogP contribution in [-0.2, 0) is 11.2 Å². The molecule has 1 aromatic rings. The Morgan fingerprint density at radius 3 is 2.83 bits per heavy atom. The maximum atomic E-state index is 12.3. The number of nitrogens with zero attached hydrogens (tertiary/aromatic N) is 1. The number of hydrogen-bond donors (Lipinski definition) is 2. The minimum Gasteiger partial charge on any atom is -0.394 e. The Labute approximate surface area is 108 Å². The summed E-state index contributed by atoms with van der Waals surface area (Å²) in [5, 5.41) is 12.3. The van der Waals surface area contributed by atoms with Gasteiger partial charge in [0.25, 0.3) is 0 Å². The summed E-state index contributed by atoms with van der Waals surface area (Å²) < 4.78 is 0. The second-order valence-corrected chi connectivity index (χ2v) is 4.68. The van der Waals surface area contributed by atoms with Gasteiger partial charge in [-0.05, 0) is 25.0 Å². The molecular weight excluding hydrogens is 228 g/mol. The monoisotopic (exact) mass is 248 g/mol. The van der Waals surface area contributed by atoms with Gasteiger partial charge in [0.05, 0.1) is 6.61 Å². The van der Waals surface area contributed by atoms with Crippen LogP contribution in [0.4, 0.5) is 5.69 Å². The average molecular weight is 248 g/mol. The summed E-state index contributed by atoms with van der Waals surface area (Å²) in [5.74, 6) is -0.0443. The van der Waals surface area contributed by atoms with E-state index >= 15 is 0 Å². The number of carbonyl (C=O) groups is 1. The Hall–Kier alpha value is -1.39. The van der Waals surface area contributed by atoms with Crippen molar-refractivity contribution >= 4 is 11.6 Å². The molecule has 1 aliphatic rings. The lowest BCUT2D eigenvalue weighted by Gasteiger charge is -2.38. The molecule has 18 heavy (non-hydrogen) atoms. The third-order valence-electron chi connectivity index (χ3n) is 3.45. The molecule has 1 aliphatic heterocycles. The van der Waals surface area contributed by atoms with Gasteiger partial charge in [0, 0.05) is 18.3 Å². The zero-order valence-corrected chi connectivity index (χ0v) is 10.9. The van der Waals surface area contributed by atoms with Gasteiger partial charge in [0.2, 0.25) is 5.91 Å². The van der Waals surface area contributed by atoms with Gasteiger partial charge in [-0.25, -0.2) is 0 Å². The molecule has 0 radical (unpaired) electrons. The lowest BCUT2D eigenvalue weighted by atomic mass is 10.0. The van der Waals surface area contributed by atoms with E-state index in [-0.39, 0.29) is 18.6 Å². The van der Waals surface area contributed by atoms with E-state index in [4.69, 9.17) is 0 Å². The Morgan fingerprint density at radius 1 is 1.44 bits per heavy atom. The molecule has 1 aromatic carbocycles. The molecule has 2 rings (SSSR count). The van der Waals surface area contributed by atoms with Crippen LogP contribution in [0.5, 0.6) is 0 Å². The summed E-state index contributed by atoms with van der Waals surface area (Å²) in [4.78, 5) is 14.2. The lowest BCUT2D eigenvalue weighted by molar-refractivity contribution is -0.123. The first-order chi connectivity index (χ1) is 8.69. The van der Waals surface area contributed by atoms with Crippen molar-refractivity contribution in [1.82, 2.24) is 5.32 Å². The van der Waals surface area contributed by atoms with Crippen molar-refractivity contribution in [3.05, 3.63) is 29.8 Å². The molecule has 2 unspecified atom stereocenters. The normalized spacial score (nSPS) is 24.4. The predicted molar refractivity (Wildman–Crippen MR) is 71.6 cm³/mol. The average Bonchev–Trinajstić information content (AvgIpc) is 2.39. The molecule has 0 saturated carbocycles. The highest BCUT2D eigenvalue weighted by atomic mass is 16.3. The highest BCUT2D eigenvalue weighted by Gasteiger charge is 2.33. The van der Waals surface area contributed by atoms with Crippen LogP contribution in [0.15, 0.2) is 24.3 Å². The van der Waals surface area contributed by atoms with Crippen LogP contribution in [0.1, 0.15) is 19.4 Å². The summed E-state index contributed by atoms with van der Waals surface area (Å²) in [5.41, 5.74) is 2.13. The highest BCUT2D eigenvalue weighted by Crippen LogP contribution is 2.25. The minimum atomic E-state index is -0.480. The van der Waals surface area contributed by atoms with Crippen LogP contribution in [-0.4, -0.2) is 36.2 Å². The fraction of sp³-hybridized carbons (Fsp3) is 0.500. The summed E-state index contributed by atoms with van der Waals surface area (Å²) >= 11 is 0. The number of para-hydroxylation sites is 1. The van der Waals surface area contributed by atoms with E-state index in [2.05, 4.69) is 12.2 Å². The molecule has 2 atom stereocenters. The number of amides is 1. The van der Waals surface area contributed by atoms with E-state index in [9.17, 15) is 9.90 Å². The number of benzene rings is 1. The Kier molecular flexibility index (Phi) is 3.99. The maximum absolute atomic E-state index is 12.3. The molecule has 4 heteroatoms. The first-order valence-corrected chi connectivity index (χ1v) is 6.44. The number of piperazine rings is 1. The standard InChI is InChI=1S/C14H20N2O2/c1-3-11-6-4-5-7-13(11)16-10(2)8-15-12(9-17)14(16)18/h4-7,10,12,15,17H,3,8-9H2,1-2H3. The predicted octanol–water partition coefficient (Wildman–Crippen LogP) is 0.935. The van der Waals surface area contributed by atoms with Crippen LogP contribution in [0, 0.1) is 0 Å². The fourth-order valence-corrected chi connectivity index (χ4v) is 2.42. The van der Waals surface area contributed by atoms with Crippen LogP contribution in [0.25, 0.3) is 0 Å². The van der Waals surface area contributed by atoms with Gasteiger partial charge < -0.3 is 15.3 Å². The number of aliphatic hydroxyl groups excluding tert-OH is 1. The Balaban J connectivity index is 2.37. The highest BCUT2D eigenvalue weighted by molar-refractivity contribution is 5.99. The van der Waals surface area contributed by atoms with Crippen molar-refractivity contribution in [1.29, 1.82) is 0 Å². The van der Waals surface area contributed by atoms with Crippen molar-refractivity contribution in [2.75, 3.05) is 18.1 Å². The van der Waals surface area contributed by atoms with Gasteiger partial charge in [-0.3, -0.25) is 4.79 Å². The first-order valence-electron chi connectivity index (χ1n) is 6.44. The van der Waals surface area contributed by atoms with Gasteiger partial charge in [-0.1, -0.05) is 25.1 Å². The number of aliphatic hydroxyl groups is 1. The van der Waals surface area contributed by atoms with Crippen LogP contribution < -0.4 is 10.2 Å². The third kappa shape index (κ3) is 2.26. The number of nitrogens with one attached hydrogen (secondary N) is 1. The first kappa shape index (κ1) is 13.1. The second-order valence-electron chi connectivity index (χ2n) is 4.68. The molecule has 2 N–H and O–H groups in total. The van der Waals surface area contributed by atoms with E-state index in [1.54, 1.807) is 0 Å². The van der Waals surface area contributed by atoms with Crippen molar-refractivity contribution in [2.45, 2.75) is 32.4 Å². The molecule has 0 aromatic heterocycles. The van der Waals surface area contributed by atoms with Crippen LogP contribution in [0.2, 0.25) is 0 Å². The maximum Gasteiger partial charge on any atom is 0.246 e. The summed E-state index contributed by atoms with van der Waals surface area (Å²) in [6.45, 7) is 4.65. The van der Waals surface area contributed by atoms with Gasteiger partial charge in [0.15, 0.2) is 0 Å². The van der Waals surface area contributed by atoms with Crippen molar-refractivity contribution in [3.8, 4) is 0 Å². The summed E-state index contributed by atoms with van der Waals surface area (Å²) in [7, 11) is 0. The molecule has 1 saturated heterocycles. The SMILES string of the molecule is CCc1ccccc1N1C(=O)C(CO)NCC1C. The summed E-state index contributed by atoms with van der Waals surface area (Å²) in [6.07, 6.45) is 0.893. The summed E-state index contributed by atoms with van der Waals surface area (Å²) in [6, 6.07) is 7.59. The van der Waals surface area contributed by atoms with E-state index < -0.39 is 6.04 Å². The van der Waals surface area contributed by atoms with Gasteiger partial charge in [0.1, 0.15) is 6.04 Å². The largest absolute Gasteiger partial charge is 0.394 e. The lowest BCUT2D eigenvalue weighted by Crippen LogP contribution is -2.61. The van der Waals surface area contributed by atoms with E-state index in [1.807, 2.05) is 36.1 Å². The number of hydrogen-bond acceptors (Lipinski definition) is 3. The molecule has 0 spiro atoms. The number of rotatable bonds is 3. The number of carbonyl (C=O) groups excluding carboxylic acids is 1. The smallest absolute Gasteiger partial charge is 0.246 e. The zero-order chi connectivity index (χ0) is 13.1. The van der Waals surface area contributed by atoms with Crippen molar-refractivity contribution < 1.29 is 9.90 Å². The van der Waals surface area contributed by atoms with Crippen LogP contribution >= 0.6 is 0 Å². The number of anilines is 1. The van der Waals surface area contributed by atoms with Crippen LogP contribution in [0.3, 0.4) is 0 Å². The van der Waals surface area contributed by atoms with Crippen molar-refractivity contribution in [2.24, 2.45) is 0 Å². The fourth-order valence-electron chi connectivity index (χ4n) is 2.42. The van der Waals surface area contributed by atoms with E-state index in [0.717, 1.165) is 17.7 Å². The Bertz CT molecular complexity index is 434. The molecule has 1 heterocycles. The minimum absolute atomic E-state index is 0.0443. The van der Waals surface area contributed by atoms with E-state index in [0.29, 0.717) is 6.54 Å². The van der Waals surface area contributed by atoms with Gasteiger partial charge >= 0.3 is 0 Å². The molecule has 0 bridgehead atoms. The third-order valence-corrected chi connectivity index (χ3v) is 3.45. The zero-order valence-electron chi connectivity index (χ0n) is 10.9. The molecule has 98 valence electrons. The van der Waals surface area contributed by atoms with E-state index in [1.165, 1.54) is 0 Å². The molecular formula is C14H20N2O2. The molecule has 1 fully saturated rings. The quantitative estimate of drug-likeness (QED) is 0.837. The van der Waals surface area contributed by atoms with Crippen molar-refractivity contribution in [3.63, 3.8) is 0 Å². The molecule has 1 amide bonds. The van der Waals surface area contributed by atoms with Gasteiger partial charge in [-0.15, -0.1) is 0 Å². The number of aryl methyl sites for hydroxylation is 1. The molecule has 0 aliphatic carbocycles. The Morgan fingerprint density at radius 2 is 2.17 bits per heavy atom.